The van der Waals surface area contributed by atoms with Crippen LogP contribution in [0.2, 0.25) is 0 Å². The van der Waals surface area contributed by atoms with Crippen molar-refractivity contribution in [2.24, 2.45) is 5.92 Å². The molecule has 0 bridgehead atoms. The number of rotatable bonds is 6. The van der Waals surface area contributed by atoms with Gasteiger partial charge in [-0.3, -0.25) is 9.78 Å². The Morgan fingerprint density at radius 3 is 2.72 bits per heavy atom. The van der Waals surface area contributed by atoms with Crippen LogP contribution >= 0.6 is 0 Å². The van der Waals surface area contributed by atoms with E-state index in [1.807, 2.05) is 6.92 Å². The van der Waals surface area contributed by atoms with E-state index < -0.39 is 0 Å². The average molecular weight is 249 g/mol. The summed E-state index contributed by atoms with van der Waals surface area (Å²) in [6, 6.07) is 3.43. The quantitative estimate of drug-likeness (QED) is 0.814. The molecule has 100 valence electrons. The van der Waals surface area contributed by atoms with Crippen LogP contribution in [0.1, 0.15) is 50.5 Å². The van der Waals surface area contributed by atoms with Gasteiger partial charge in [-0.1, -0.05) is 26.7 Å². The fourth-order valence-corrected chi connectivity index (χ4v) is 1.77. The van der Waals surface area contributed by atoms with Gasteiger partial charge in [-0.2, -0.15) is 0 Å². The molecule has 1 heterocycles. The molecule has 4 heteroatoms. The summed E-state index contributed by atoms with van der Waals surface area (Å²) in [5.74, 6) is 0.558. The van der Waals surface area contributed by atoms with Crippen LogP contribution in [0.15, 0.2) is 18.3 Å². The van der Waals surface area contributed by atoms with Gasteiger partial charge in [-0.15, -0.1) is 0 Å². The second kappa shape index (κ2) is 6.99. The molecule has 0 saturated heterocycles. The van der Waals surface area contributed by atoms with Gasteiger partial charge in [-0.25, -0.2) is 0 Å². The van der Waals surface area contributed by atoms with Crippen LogP contribution in [-0.2, 0) is 0 Å². The second-order valence-electron chi connectivity index (χ2n) is 5.17. The molecule has 0 aromatic carbocycles. The first kappa shape index (κ1) is 14.5. The van der Waals surface area contributed by atoms with Gasteiger partial charge in [0.25, 0.3) is 5.91 Å². The van der Waals surface area contributed by atoms with E-state index >= 15 is 0 Å². The Kier molecular flexibility index (Phi) is 5.62. The standard InChI is InChI=1S/C14H23N3O/c1-10(2)5-4-6-11(3)17-14(18)13-9-12(15)7-8-16-13/h7-11H,4-6H2,1-3H3,(H2,15,16)(H,17,18). The molecule has 0 aliphatic carbocycles. The molecule has 1 aromatic heterocycles. The van der Waals surface area contributed by atoms with Gasteiger partial charge in [0.05, 0.1) is 0 Å². The Balaban J connectivity index is 2.40. The zero-order valence-electron chi connectivity index (χ0n) is 11.4. The van der Waals surface area contributed by atoms with Gasteiger partial charge < -0.3 is 11.1 Å². The van der Waals surface area contributed by atoms with Crippen molar-refractivity contribution in [3.05, 3.63) is 24.0 Å². The summed E-state index contributed by atoms with van der Waals surface area (Å²) in [5.41, 5.74) is 6.56. The summed E-state index contributed by atoms with van der Waals surface area (Å²) in [4.78, 5) is 15.9. The third kappa shape index (κ3) is 5.17. The minimum absolute atomic E-state index is 0.153. The van der Waals surface area contributed by atoms with E-state index in [4.69, 9.17) is 5.73 Å². The molecule has 0 spiro atoms. The molecule has 1 aromatic rings. The first-order valence-corrected chi connectivity index (χ1v) is 6.51. The Morgan fingerprint density at radius 1 is 1.39 bits per heavy atom. The van der Waals surface area contributed by atoms with E-state index in [2.05, 4.69) is 24.1 Å². The summed E-state index contributed by atoms with van der Waals surface area (Å²) in [5, 5.41) is 2.94. The van der Waals surface area contributed by atoms with Crippen LogP contribution in [0.25, 0.3) is 0 Å². The molecule has 0 radical (unpaired) electrons. The number of carbonyl (C=O) groups is 1. The van der Waals surface area contributed by atoms with Crippen molar-refractivity contribution in [3.63, 3.8) is 0 Å². The van der Waals surface area contributed by atoms with Gasteiger partial charge in [0.1, 0.15) is 5.69 Å². The summed E-state index contributed by atoms with van der Waals surface area (Å²) in [7, 11) is 0. The third-order valence-corrected chi connectivity index (χ3v) is 2.81. The van der Waals surface area contributed by atoms with Crippen LogP contribution in [0, 0.1) is 5.92 Å². The lowest BCUT2D eigenvalue weighted by Crippen LogP contribution is -2.33. The highest BCUT2D eigenvalue weighted by atomic mass is 16.1. The normalized spacial score (nSPS) is 12.4. The maximum atomic E-state index is 11.9. The number of hydrogen-bond donors (Lipinski definition) is 2. The number of nitrogen functional groups attached to an aromatic ring is 1. The summed E-state index contributed by atoms with van der Waals surface area (Å²) in [6.07, 6.45) is 4.86. The van der Waals surface area contributed by atoms with Crippen LogP contribution in [0.3, 0.4) is 0 Å². The molecule has 1 atom stereocenters. The lowest BCUT2D eigenvalue weighted by molar-refractivity contribution is 0.0933. The van der Waals surface area contributed by atoms with E-state index in [-0.39, 0.29) is 11.9 Å². The van der Waals surface area contributed by atoms with Gasteiger partial charge in [-0.05, 0) is 31.4 Å². The number of aromatic nitrogens is 1. The van der Waals surface area contributed by atoms with Crippen molar-refractivity contribution < 1.29 is 4.79 Å². The first-order chi connectivity index (χ1) is 8.49. The molecule has 1 amide bonds. The molecule has 18 heavy (non-hydrogen) atoms. The van der Waals surface area contributed by atoms with Crippen molar-refractivity contribution in [1.29, 1.82) is 0 Å². The molecule has 0 fully saturated rings. The molecule has 0 aliphatic heterocycles. The predicted molar refractivity (Wildman–Crippen MR) is 74.3 cm³/mol. The molecule has 4 nitrogen and oxygen atoms in total. The fraction of sp³-hybridized carbons (Fsp3) is 0.571. The van der Waals surface area contributed by atoms with Gasteiger partial charge in [0.15, 0.2) is 0 Å². The number of nitrogens with two attached hydrogens (primary N) is 1. The number of anilines is 1. The number of hydrogen-bond acceptors (Lipinski definition) is 3. The van der Waals surface area contributed by atoms with E-state index in [0.29, 0.717) is 17.3 Å². The van der Waals surface area contributed by atoms with Crippen LogP contribution < -0.4 is 11.1 Å². The fourth-order valence-electron chi connectivity index (χ4n) is 1.77. The number of pyridine rings is 1. The topological polar surface area (TPSA) is 68.0 Å². The zero-order valence-corrected chi connectivity index (χ0v) is 11.4. The molecule has 1 rings (SSSR count). The van der Waals surface area contributed by atoms with Crippen LogP contribution in [0.5, 0.6) is 0 Å². The monoisotopic (exact) mass is 249 g/mol. The van der Waals surface area contributed by atoms with Crippen molar-refractivity contribution in [3.8, 4) is 0 Å². The summed E-state index contributed by atoms with van der Waals surface area (Å²) >= 11 is 0. The van der Waals surface area contributed by atoms with Crippen molar-refractivity contribution >= 4 is 11.6 Å². The minimum atomic E-state index is -0.153. The Bertz CT molecular complexity index is 390. The molecule has 1 unspecified atom stereocenters. The van der Waals surface area contributed by atoms with E-state index in [9.17, 15) is 4.79 Å². The smallest absolute Gasteiger partial charge is 0.270 e. The highest BCUT2D eigenvalue weighted by Gasteiger charge is 2.11. The van der Waals surface area contributed by atoms with Gasteiger partial charge >= 0.3 is 0 Å². The molecule has 0 saturated carbocycles. The zero-order chi connectivity index (χ0) is 13.5. The number of carbonyl (C=O) groups excluding carboxylic acids is 1. The van der Waals surface area contributed by atoms with Crippen LogP contribution in [-0.4, -0.2) is 16.9 Å². The minimum Gasteiger partial charge on any atom is -0.399 e. The summed E-state index contributed by atoms with van der Waals surface area (Å²) < 4.78 is 0. The van der Waals surface area contributed by atoms with Crippen molar-refractivity contribution in [2.45, 2.75) is 46.1 Å². The highest BCUT2D eigenvalue weighted by Crippen LogP contribution is 2.09. The molecule has 0 aliphatic rings. The van der Waals surface area contributed by atoms with Crippen LogP contribution in [0.4, 0.5) is 5.69 Å². The van der Waals surface area contributed by atoms with E-state index in [0.717, 1.165) is 12.8 Å². The van der Waals surface area contributed by atoms with Crippen molar-refractivity contribution in [2.75, 3.05) is 5.73 Å². The Morgan fingerprint density at radius 2 is 2.11 bits per heavy atom. The van der Waals surface area contributed by atoms with E-state index in [1.165, 1.54) is 6.42 Å². The highest BCUT2D eigenvalue weighted by molar-refractivity contribution is 5.93. The Labute approximate surface area is 109 Å². The summed E-state index contributed by atoms with van der Waals surface area (Å²) in [6.45, 7) is 6.43. The first-order valence-electron chi connectivity index (χ1n) is 6.51. The number of nitrogens with one attached hydrogen (secondary N) is 1. The third-order valence-electron chi connectivity index (χ3n) is 2.81. The van der Waals surface area contributed by atoms with Gasteiger partial charge in [0, 0.05) is 17.9 Å². The SMILES string of the molecule is CC(C)CCCC(C)NC(=O)c1cc(N)ccn1. The van der Waals surface area contributed by atoms with Crippen molar-refractivity contribution in [1.82, 2.24) is 10.3 Å². The maximum absolute atomic E-state index is 11.9. The van der Waals surface area contributed by atoms with E-state index in [1.54, 1.807) is 18.3 Å². The largest absolute Gasteiger partial charge is 0.399 e. The molecular formula is C14H23N3O. The predicted octanol–water partition coefficient (Wildman–Crippen LogP) is 2.61. The second-order valence-corrected chi connectivity index (χ2v) is 5.17. The molecular weight excluding hydrogens is 226 g/mol. The number of amides is 1. The average Bonchev–Trinajstić information content (AvgIpc) is 2.28. The van der Waals surface area contributed by atoms with Gasteiger partial charge in [0.2, 0.25) is 0 Å². The number of nitrogens with zero attached hydrogens (tertiary/aromatic N) is 1. The lowest BCUT2D eigenvalue weighted by atomic mass is 10.0. The molecule has 3 N–H and O–H groups in total. The lowest BCUT2D eigenvalue weighted by Gasteiger charge is -2.14. The Hall–Kier alpha value is -1.58. The maximum Gasteiger partial charge on any atom is 0.270 e.